The molecule has 0 amide bonds. The highest BCUT2D eigenvalue weighted by atomic mass is 79.9. The second-order valence-corrected chi connectivity index (χ2v) is 8.34. The highest BCUT2D eigenvalue weighted by Gasteiger charge is 2.17. The summed E-state index contributed by atoms with van der Waals surface area (Å²) in [7, 11) is -3.52. The molecular formula is C13H15BrN2O2S2. The summed E-state index contributed by atoms with van der Waals surface area (Å²) in [5, 5.41) is 3.06. The molecule has 4 nitrogen and oxygen atoms in total. The van der Waals surface area contributed by atoms with Gasteiger partial charge < -0.3 is 5.32 Å². The summed E-state index contributed by atoms with van der Waals surface area (Å²) < 4.78 is 28.3. The summed E-state index contributed by atoms with van der Waals surface area (Å²) >= 11 is 4.87. The van der Waals surface area contributed by atoms with Crippen molar-refractivity contribution in [3.63, 3.8) is 0 Å². The van der Waals surface area contributed by atoms with Crippen molar-refractivity contribution >= 4 is 43.0 Å². The van der Waals surface area contributed by atoms with Crippen molar-refractivity contribution < 1.29 is 8.42 Å². The minimum absolute atomic E-state index is 0.275. The molecule has 108 valence electrons. The maximum Gasteiger partial charge on any atom is 0.242 e. The minimum atomic E-state index is -3.52. The van der Waals surface area contributed by atoms with Crippen LogP contribution in [0.1, 0.15) is 11.8 Å². The molecule has 1 heterocycles. The molecule has 0 radical (unpaired) electrons. The largest absolute Gasteiger partial charge is 0.384 e. The molecule has 2 rings (SSSR count). The monoisotopic (exact) mass is 374 g/mol. The SMILES string of the molecule is CCNc1ccccc1S(=O)(=O)NCc1ccc(Br)s1. The van der Waals surface area contributed by atoms with E-state index in [4.69, 9.17) is 0 Å². The predicted octanol–water partition coefficient (Wildman–Crippen LogP) is 3.42. The summed E-state index contributed by atoms with van der Waals surface area (Å²) in [5.74, 6) is 0. The van der Waals surface area contributed by atoms with Gasteiger partial charge >= 0.3 is 0 Å². The van der Waals surface area contributed by atoms with Gasteiger partial charge in [0.2, 0.25) is 10.0 Å². The van der Waals surface area contributed by atoms with E-state index in [1.807, 2.05) is 25.1 Å². The van der Waals surface area contributed by atoms with Crippen LogP contribution < -0.4 is 10.0 Å². The number of anilines is 1. The van der Waals surface area contributed by atoms with E-state index < -0.39 is 10.0 Å². The lowest BCUT2D eigenvalue weighted by atomic mass is 10.3. The highest BCUT2D eigenvalue weighted by molar-refractivity contribution is 9.11. The van der Waals surface area contributed by atoms with Crippen LogP contribution in [0.5, 0.6) is 0 Å². The Bertz CT molecular complexity index is 683. The van der Waals surface area contributed by atoms with Crippen molar-refractivity contribution in [2.24, 2.45) is 0 Å². The molecule has 1 aromatic heterocycles. The molecule has 0 unspecified atom stereocenters. The van der Waals surface area contributed by atoms with E-state index in [0.717, 1.165) is 8.66 Å². The van der Waals surface area contributed by atoms with Gasteiger partial charge in [-0.05, 0) is 47.1 Å². The number of benzene rings is 1. The van der Waals surface area contributed by atoms with Gasteiger partial charge in [-0.25, -0.2) is 13.1 Å². The molecule has 0 aliphatic carbocycles. The molecule has 0 fully saturated rings. The first-order valence-corrected chi connectivity index (χ1v) is 9.19. The van der Waals surface area contributed by atoms with Gasteiger partial charge in [0.1, 0.15) is 4.90 Å². The van der Waals surface area contributed by atoms with Gasteiger partial charge in [0.05, 0.1) is 9.47 Å². The summed E-state index contributed by atoms with van der Waals surface area (Å²) in [5.41, 5.74) is 0.620. The molecule has 20 heavy (non-hydrogen) atoms. The highest BCUT2D eigenvalue weighted by Crippen LogP contribution is 2.24. The maximum atomic E-state index is 12.3. The van der Waals surface area contributed by atoms with Gasteiger partial charge in [0, 0.05) is 18.0 Å². The number of thiophene rings is 1. The lowest BCUT2D eigenvalue weighted by Crippen LogP contribution is -2.23. The fourth-order valence-corrected chi connectivity index (χ4v) is 4.43. The van der Waals surface area contributed by atoms with E-state index in [1.54, 1.807) is 18.2 Å². The fourth-order valence-electron chi connectivity index (χ4n) is 1.73. The van der Waals surface area contributed by atoms with Crippen LogP contribution in [0, 0.1) is 0 Å². The molecule has 1 aromatic carbocycles. The quantitative estimate of drug-likeness (QED) is 0.814. The minimum Gasteiger partial charge on any atom is -0.384 e. The van der Waals surface area contributed by atoms with Crippen LogP contribution in [0.15, 0.2) is 45.1 Å². The van der Waals surface area contributed by atoms with Crippen LogP contribution in [0.2, 0.25) is 0 Å². The van der Waals surface area contributed by atoms with Crippen LogP contribution >= 0.6 is 27.3 Å². The fraction of sp³-hybridized carbons (Fsp3) is 0.231. The summed E-state index contributed by atoms with van der Waals surface area (Å²) in [6, 6.07) is 10.7. The molecule has 7 heteroatoms. The number of halogens is 1. The Hall–Kier alpha value is -0.890. The molecule has 2 aromatic rings. The molecule has 0 saturated heterocycles. The average molecular weight is 375 g/mol. The third-order valence-electron chi connectivity index (χ3n) is 2.61. The Morgan fingerprint density at radius 1 is 1.20 bits per heavy atom. The van der Waals surface area contributed by atoms with E-state index in [9.17, 15) is 8.42 Å². The number of para-hydroxylation sites is 1. The molecule has 0 saturated carbocycles. The van der Waals surface area contributed by atoms with Crippen molar-refractivity contribution in [3.8, 4) is 0 Å². The smallest absolute Gasteiger partial charge is 0.242 e. The summed E-state index contributed by atoms with van der Waals surface area (Å²) in [6.45, 7) is 2.89. The number of sulfonamides is 1. The van der Waals surface area contributed by atoms with Crippen molar-refractivity contribution in [2.75, 3.05) is 11.9 Å². The van der Waals surface area contributed by atoms with Crippen molar-refractivity contribution in [2.45, 2.75) is 18.4 Å². The standard InChI is InChI=1S/C13H15BrN2O2S2/c1-2-15-11-5-3-4-6-12(11)20(17,18)16-9-10-7-8-13(14)19-10/h3-8,15-16H,2,9H2,1H3. The number of hydrogen-bond acceptors (Lipinski definition) is 4. The molecule has 0 atom stereocenters. The molecule has 0 aliphatic heterocycles. The van der Waals surface area contributed by atoms with Gasteiger partial charge in [0.25, 0.3) is 0 Å². The van der Waals surface area contributed by atoms with Gasteiger partial charge in [-0.3, -0.25) is 0 Å². The van der Waals surface area contributed by atoms with Crippen LogP contribution in [0.4, 0.5) is 5.69 Å². The summed E-state index contributed by atoms with van der Waals surface area (Å²) in [6.07, 6.45) is 0. The van der Waals surface area contributed by atoms with Crippen molar-refractivity contribution in [1.29, 1.82) is 0 Å². The van der Waals surface area contributed by atoms with Crippen LogP contribution in [0.3, 0.4) is 0 Å². The van der Waals surface area contributed by atoms with Crippen LogP contribution in [-0.2, 0) is 16.6 Å². The van der Waals surface area contributed by atoms with Crippen molar-refractivity contribution in [3.05, 3.63) is 45.1 Å². The first-order valence-electron chi connectivity index (χ1n) is 6.09. The van der Waals surface area contributed by atoms with Crippen LogP contribution in [0.25, 0.3) is 0 Å². The zero-order valence-electron chi connectivity index (χ0n) is 10.9. The third-order valence-corrected chi connectivity index (χ3v) is 5.69. The number of nitrogens with one attached hydrogen (secondary N) is 2. The van der Waals surface area contributed by atoms with E-state index in [-0.39, 0.29) is 4.90 Å². The Balaban J connectivity index is 2.18. The first kappa shape index (κ1) is 15.5. The van der Waals surface area contributed by atoms with Crippen molar-refractivity contribution in [1.82, 2.24) is 4.72 Å². The van der Waals surface area contributed by atoms with E-state index in [0.29, 0.717) is 18.8 Å². The molecule has 2 N–H and O–H groups in total. The second kappa shape index (κ2) is 6.71. The Morgan fingerprint density at radius 3 is 2.60 bits per heavy atom. The van der Waals surface area contributed by atoms with E-state index in [2.05, 4.69) is 26.0 Å². The Kier molecular flexibility index (Phi) is 5.20. The zero-order chi connectivity index (χ0) is 14.6. The Labute approximate surface area is 131 Å². The molecule has 0 spiro atoms. The van der Waals surface area contributed by atoms with Gasteiger partial charge in [-0.1, -0.05) is 12.1 Å². The zero-order valence-corrected chi connectivity index (χ0v) is 14.1. The molecule has 0 aliphatic rings. The Morgan fingerprint density at radius 2 is 1.95 bits per heavy atom. The lowest BCUT2D eigenvalue weighted by molar-refractivity contribution is 0.582. The molecule has 0 bridgehead atoms. The van der Waals surface area contributed by atoms with Gasteiger partial charge in [0.15, 0.2) is 0 Å². The first-order chi connectivity index (χ1) is 9.53. The predicted molar refractivity (Wildman–Crippen MR) is 86.7 cm³/mol. The average Bonchev–Trinajstić information content (AvgIpc) is 2.83. The topological polar surface area (TPSA) is 58.2 Å². The molecular weight excluding hydrogens is 360 g/mol. The van der Waals surface area contributed by atoms with Gasteiger partial charge in [-0.2, -0.15) is 0 Å². The van der Waals surface area contributed by atoms with E-state index in [1.165, 1.54) is 11.3 Å². The van der Waals surface area contributed by atoms with Gasteiger partial charge in [-0.15, -0.1) is 11.3 Å². The van der Waals surface area contributed by atoms with Crippen LogP contribution in [-0.4, -0.2) is 15.0 Å². The third kappa shape index (κ3) is 3.82. The maximum absolute atomic E-state index is 12.3. The van der Waals surface area contributed by atoms with E-state index >= 15 is 0 Å². The normalized spacial score (nSPS) is 11.5. The number of hydrogen-bond donors (Lipinski definition) is 2. The second-order valence-electron chi connectivity index (χ2n) is 4.06. The number of rotatable bonds is 6. The summed E-state index contributed by atoms with van der Waals surface area (Å²) in [4.78, 5) is 1.24. The lowest BCUT2D eigenvalue weighted by Gasteiger charge is -2.11.